The SMILES string of the molecule is NCCc1c(Cl)ccnc1F. The van der Waals surface area contributed by atoms with Crippen molar-refractivity contribution < 1.29 is 4.39 Å². The lowest BCUT2D eigenvalue weighted by molar-refractivity contribution is 0.566. The van der Waals surface area contributed by atoms with Crippen molar-refractivity contribution in [1.29, 1.82) is 0 Å². The molecule has 0 aliphatic carbocycles. The van der Waals surface area contributed by atoms with Crippen molar-refractivity contribution in [2.45, 2.75) is 6.42 Å². The van der Waals surface area contributed by atoms with E-state index in [-0.39, 0.29) is 0 Å². The lowest BCUT2D eigenvalue weighted by Gasteiger charge is -2.01. The Morgan fingerprint density at radius 1 is 1.64 bits per heavy atom. The molecule has 0 fully saturated rings. The van der Waals surface area contributed by atoms with Crippen molar-refractivity contribution in [3.05, 3.63) is 28.8 Å². The first-order valence-electron chi connectivity index (χ1n) is 3.24. The van der Waals surface area contributed by atoms with Crippen LogP contribution in [-0.2, 0) is 6.42 Å². The van der Waals surface area contributed by atoms with Crippen LogP contribution in [0, 0.1) is 5.95 Å². The van der Waals surface area contributed by atoms with Gasteiger partial charge in [0, 0.05) is 16.8 Å². The number of pyridine rings is 1. The third-order valence-corrected chi connectivity index (χ3v) is 1.69. The van der Waals surface area contributed by atoms with Gasteiger partial charge in [-0.25, -0.2) is 4.98 Å². The van der Waals surface area contributed by atoms with Crippen molar-refractivity contribution in [1.82, 2.24) is 4.98 Å². The Morgan fingerprint density at radius 2 is 2.36 bits per heavy atom. The first-order chi connectivity index (χ1) is 5.25. The van der Waals surface area contributed by atoms with Crippen LogP contribution in [0.1, 0.15) is 5.56 Å². The standard InChI is InChI=1S/C7H8ClFN2/c8-6-2-4-11-7(9)5(6)1-3-10/h2,4H,1,3,10H2. The largest absolute Gasteiger partial charge is 0.330 e. The van der Waals surface area contributed by atoms with E-state index >= 15 is 0 Å². The summed E-state index contributed by atoms with van der Waals surface area (Å²) in [5, 5.41) is 0.392. The quantitative estimate of drug-likeness (QED) is 0.688. The fourth-order valence-electron chi connectivity index (χ4n) is 0.812. The topological polar surface area (TPSA) is 38.9 Å². The van der Waals surface area contributed by atoms with Gasteiger partial charge in [-0.3, -0.25) is 0 Å². The molecule has 0 aliphatic heterocycles. The molecule has 0 aliphatic rings. The molecule has 0 saturated carbocycles. The fraction of sp³-hybridized carbons (Fsp3) is 0.286. The molecule has 11 heavy (non-hydrogen) atoms. The molecule has 1 heterocycles. The number of aromatic nitrogens is 1. The second-order valence-electron chi connectivity index (χ2n) is 2.10. The highest BCUT2D eigenvalue weighted by Crippen LogP contribution is 2.16. The van der Waals surface area contributed by atoms with E-state index < -0.39 is 5.95 Å². The summed E-state index contributed by atoms with van der Waals surface area (Å²) >= 11 is 5.67. The zero-order valence-electron chi connectivity index (χ0n) is 5.85. The smallest absolute Gasteiger partial charge is 0.217 e. The molecule has 2 N–H and O–H groups in total. The second kappa shape index (κ2) is 3.64. The number of hydrogen-bond donors (Lipinski definition) is 1. The highest BCUT2D eigenvalue weighted by atomic mass is 35.5. The second-order valence-corrected chi connectivity index (χ2v) is 2.51. The van der Waals surface area contributed by atoms with Crippen LogP contribution in [0.15, 0.2) is 12.3 Å². The summed E-state index contributed by atoms with van der Waals surface area (Å²) in [5.74, 6) is -0.525. The maximum absolute atomic E-state index is 12.8. The molecule has 0 spiro atoms. The molecule has 1 rings (SSSR count). The van der Waals surface area contributed by atoms with Crippen LogP contribution in [0.2, 0.25) is 5.02 Å². The van der Waals surface area contributed by atoms with Gasteiger partial charge in [-0.1, -0.05) is 11.6 Å². The van der Waals surface area contributed by atoms with Crippen molar-refractivity contribution in [3.8, 4) is 0 Å². The van der Waals surface area contributed by atoms with Crippen molar-refractivity contribution >= 4 is 11.6 Å². The summed E-state index contributed by atoms with van der Waals surface area (Å²) in [6.45, 7) is 0.377. The van der Waals surface area contributed by atoms with Crippen molar-refractivity contribution in [2.24, 2.45) is 5.73 Å². The third-order valence-electron chi connectivity index (χ3n) is 1.34. The van der Waals surface area contributed by atoms with Crippen LogP contribution >= 0.6 is 11.6 Å². The van der Waals surface area contributed by atoms with Crippen LogP contribution in [0.5, 0.6) is 0 Å². The van der Waals surface area contributed by atoms with E-state index in [1.807, 2.05) is 0 Å². The Morgan fingerprint density at radius 3 is 2.91 bits per heavy atom. The van der Waals surface area contributed by atoms with Gasteiger partial charge < -0.3 is 5.73 Å². The molecule has 0 bridgehead atoms. The highest BCUT2D eigenvalue weighted by molar-refractivity contribution is 6.31. The Labute approximate surface area is 69.2 Å². The molecule has 0 amide bonds. The van der Waals surface area contributed by atoms with E-state index in [0.717, 1.165) is 0 Å². The molecule has 2 nitrogen and oxygen atoms in total. The molecule has 1 aromatic rings. The van der Waals surface area contributed by atoms with Gasteiger partial charge in [0.25, 0.3) is 0 Å². The van der Waals surface area contributed by atoms with Gasteiger partial charge in [0.05, 0.1) is 0 Å². The molecular formula is C7H8ClFN2. The summed E-state index contributed by atoms with van der Waals surface area (Å²) in [6.07, 6.45) is 1.76. The third kappa shape index (κ3) is 1.88. The zero-order chi connectivity index (χ0) is 8.27. The summed E-state index contributed by atoms with van der Waals surface area (Å²) in [4.78, 5) is 3.45. The Balaban J connectivity index is 3.00. The molecule has 0 saturated heterocycles. The number of rotatable bonds is 2. The summed E-state index contributed by atoms with van der Waals surface area (Å²) in [7, 11) is 0. The molecule has 60 valence electrons. The maximum Gasteiger partial charge on any atom is 0.217 e. The van der Waals surface area contributed by atoms with E-state index in [9.17, 15) is 4.39 Å². The lowest BCUT2D eigenvalue weighted by atomic mass is 10.2. The Kier molecular flexibility index (Phi) is 2.79. The van der Waals surface area contributed by atoms with Crippen LogP contribution in [0.4, 0.5) is 4.39 Å². The van der Waals surface area contributed by atoms with Gasteiger partial charge >= 0.3 is 0 Å². The average Bonchev–Trinajstić information content (AvgIpc) is 1.97. The summed E-state index contributed by atoms with van der Waals surface area (Å²) < 4.78 is 12.8. The maximum atomic E-state index is 12.8. The normalized spacial score (nSPS) is 10.1. The number of nitrogens with two attached hydrogens (primary N) is 1. The predicted molar refractivity (Wildman–Crippen MR) is 42.0 cm³/mol. The first-order valence-corrected chi connectivity index (χ1v) is 3.62. The fourth-order valence-corrected chi connectivity index (χ4v) is 1.04. The van der Waals surface area contributed by atoms with Crippen molar-refractivity contribution in [3.63, 3.8) is 0 Å². The van der Waals surface area contributed by atoms with Gasteiger partial charge in [0.15, 0.2) is 0 Å². The van der Waals surface area contributed by atoms with E-state index in [1.165, 1.54) is 6.20 Å². The highest BCUT2D eigenvalue weighted by Gasteiger charge is 2.05. The molecule has 0 radical (unpaired) electrons. The van der Waals surface area contributed by atoms with Crippen molar-refractivity contribution in [2.75, 3.05) is 6.54 Å². The van der Waals surface area contributed by atoms with E-state index in [4.69, 9.17) is 17.3 Å². The lowest BCUT2D eigenvalue weighted by Crippen LogP contribution is -2.05. The van der Waals surface area contributed by atoms with Crippen LogP contribution in [0.25, 0.3) is 0 Å². The molecule has 1 aromatic heterocycles. The summed E-state index contributed by atoms with van der Waals surface area (Å²) in [5.41, 5.74) is 5.64. The minimum atomic E-state index is -0.525. The van der Waals surface area contributed by atoms with Gasteiger partial charge in [-0.2, -0.15) is 4.39 Å². The minimum Gasteiger partial charge on any atom is -0.330 e. The Bertz CT molecular complexity index is 232. The molecule has 4 heteroatoms. The van der Waals surface area contributed by atoms with Gasteiger partial charge in [-0.15, -0.1) is 0 Å². The minimum absolute atomic E-state index is 0.377. The van der Waals surface area contributed by atoms with Crippen LogP contribution < -0.4 is 5.73 Å². The number of halogens is 2. The molecule has 0 aromatic carbocycles. The van der Waals surface area contributed by atoms with Gasteiger partial charge in [0.2, 0.25) is 5.95 Å². The number of hydrogen-bond acceptors (Lipinski definition) is 2. The van der Waals surface area contributed by atoms with E-state index in [2.05, 4.69) is 4.98 Å². The van der Waals surface area contributed by atoms with Crippen LogP contribution in [-0.4, -0.2) is 11.5 Å². The Hall–Kier alpha value is -0.670. The monoisotopic (exact) mass is 174 g/mol. The van der Waals surface area contributed by atoms with E-state index in [1.54, 1.807) is 6.07 Å². The van der Waals surface area contributed by atoms with Gasteiger partial charge in [0.1, 0.15) is 0 Å². The first kappa shape index (κ1) is 8.43. The summed E-state index contributed by atoms with van der Waals surface area (Å²) in [6, 6.07) is 1.55. The van der Waals surface area contributed by atoms with Gasteiger partial charge in [-0.05, 0) is 19.0 Å². The molecular weight excluding hydrogens is 167 g/mol. The molecule has 0 unspecified atom stereocenters. The average molecular weight is 175 g/mol. The predicted octanol–water partition coefficient (Wildman–Crippen LogP) is 1.38. The molecule has 0 atom stereocenters. The zero-order valence-corrected chi connectivity index (χ0v) is 6.61. The van der Waals surface area contributed by atoms with E-state index in [0.29, 0.717) is 23.6 Å². The van der Waals surface area contributed by atoms with Crippen LogP contribution in [0.3, 0.4) is 0 Å². The number of nitrogens with zero attached hydrogens (tertiary/aromatic N) is 1.